The standard InChI is InChI=1S/C37H38N4O6/c1-26-13-15-28(16-14-26)31(24-34(42)43)38-35(44)30-17-18-33(32(23-30)39-37(46)47-25-27-9-4-2-5-10-27)40-19-8-20-41(22-21-40)36(45)29-11-6-3-7-12-29/h2-7,9-18,23,31H,8,19-22,24-25H2,1H3,(H,38,44)(H,39,46)(H,42,43). The highest BCUT2D eigenvalue weighted by Gasteiger charge is 2.24. The van der Waals surface area contributed by atoms with E-state index >= 15 is 0 Å². The van der Waals surface area contributed by atoms with Crippen LogP contribution in [0.15, 0.2) is 103 Å². The zero-order valence-corrected chi connectivity index (χ0v) is 26.2. The second-order valence-electron chi connectivity index (χ2n) is 11.5. The third-order valence-corrected chi connectivity index (χ3v) is 8.02. The Balaban J connectivity index is 1.37. The van der Waals surface area contributed by atoms with Crippen molar-refractivity contribution in [3.8, 4) is 0 Å². The number of hydrogen-bond donors (Lipinski definition) is 3. The first-order valence-electron chi connectivity index (χ1n) is 15.6. The van der Waals surface area contributed by atoms with Crippen LogP contribution in [0.5, 0.6) is 0 Å². The normalized spacial score (nSPS) is 13.6. The third kappa shape index (κ3) is 8.97. The molecule has 1 saturated heterocycles. The second kappa shape index (κ2) is 15.6. The van der Waals surface area contributed by atoms with Crippen molar-refractivity contribution in [2.45, 2.75) is 32.4 Å². The predicted octanol–water partition coefficient (Wildman–Crippen LogP) is 6.04. The molecule has 242 valence electrons. The van der Waals surface area contributed by atoms with Gasteiger partial charge < -0.3 is 25.0 Å². The minimum atomic E-state index is -1.05. The van der Waals surface area contributed by atoms with E-state index in [2.05, 4.69) is 15.5 Å². The van der Waals surface area contributed by atoms with Crippen LogP contribution in [0.25, 0.3) is 0 Å². The number of rotatable bonds is 10. The number of benzene rings is 4. The van der Waals surface area contributed by atoms with Crippen molar-refractivity contribution in [3.63, 3.8) is 0 Å². The Labute approximate surface area is 274 Å². The highest BCUT2D eigenvalue weighted by atomic mass is 16.5. The monoisotopic (exact) mass is 634 g/mol. The number of carbonyl (C=O) groups is 4. The largest absolute Gasteiger partial charge is 0.481 e. The molecule has 0 spiro atoms. The lowest BCUT2D eigenvalue weighted by Crippen LogP contribution is -2.35. The number of aryl methyl sites for hydroxylation is 1. The Morgan fingerprint density at radius 2 is 1.51 bits per heavy atom. The van der Waals surface area contributed by atoms with Crippen molar-refractivity contribution in [1.82, 2.24) is 10.2 Å². The number of carboxylic acid groups (broad SMARTS) is 1. The number of ether oxygens (including phenoxy) is 1. The fraction of sp³-hybridized carbons (Fsp3) is 0.243. The van der Waals surface area contributed by atoms with Gasteiger partial charge >= 0.3 is 12.1 Å². The number of aliphatic carboxylic acids is 1. The summed E-state index contributed by atoms with van der Waals surface area (Å²) >= 11 is 0. The maximum Gasteiger partial charge on any atom is 0.412 e. The molecule has 10 heteroatoms. The van der Waals surface area contributed by atoms with Crippen LogP contribution in [0.1, 0.15) is 56.3 Å². The Kier molecular flexibility index (Phi) is 10.9. The lowest BCUT2D eigenvalue weighted by Gasteiger charge is -2.26. The van der Waals surface area contributed by atoms with Gasteiger partial charge in [-0.1, -0.05) is 78.4 Å². The number of carbonyl (C=O) groups excluding carboxylic acids is 3. The van der Waals surface area contributed by atoms with Crippen molar-refractivity contribution in [3.05, 3.63) is 131 Å². The molecule has 5 rings (SSSR count). The average Bonchev–Trinajstić information content (AvgIpc) is 3.34. The van der Waals surface area contributed by atoms with Gasteiger partial charge in [-0.05, 0) is 54.8 Å². The van der Waals surface area contributed by atoms with Gasteiger partial charge in [0.1, 0.15) is 6.61 Å². The predicted molar refractivity (Wildman–Crippen MR) is 180 cm³/mol. The van der Waals surface area contributed by atoms with Crippen LogP contribution >= 0.6 is 0 Å². The summed E-state index contributed by atoms with van der Waals surface area (Å²) in [6.07, 6.45) is -0.284. The molecule has 0 aromatic heterocycles. The van der Waals surface area contributed by atoms with Gasteiger partial charge in [0.15, 0.2) is 0 Å². The minimum Gasteiger partial charge on any atom is -0.481 e. The van der Waals surface area contributed by atoms with Gasteiger partial charge in [-0.15, -0.1) is 0 Å². The quantitative estimate of drug-likeness (QED) is 0.194. The molecule has 0 bridgehead atoms. The Morgan fingerprint density at radius 1 is 0.809 bits per heavy atom. The van der Waals surface area contributed by atoms with Gasteiger partial charge in [0.2, 0.25) is 0 Å². The number of carboxylic acids is 1. The van der Waals surface area contributed by atoms with Crippen LogP contribution in [-0.2, 0) is 16.1 Å². The molecular formula is C37H38N4O6. The number of anilines is 2. The molecule has 0 saturated carbocycles. The van der Waals surface area contributed by atoms with Crippen LogP contribution in [-0.4, -0.2) is 60.1 Å². The van der Waals surface area contributed by atoms with Crippen molar-refractivity contribution in [2.24, 2.45) is 0 Å². The van der Waals surface area contributed by atoms with Crippen LogP contribution in [0.4, 0.5) is 16.2 Å². The summed E-state index contributed by atoms with van der Waals surface area (Å²) in [6, 6.07) is 30.0. The van der Waals surface area contributed by atoms with Gasteiger partial charge in [-0.3, -0.25) is 19.7 Å². The smallest absolute Gasteiger partial charge is 0.412 e. The Bertz CT molecular complexity index is 1700. The maximum absolute atomic E-state index is 13.5. The third-order valence-electron chi connectivity index (χ3n) is 8.02. The summed E-state index contributed by atoms with van der Waals surface area (Å²) in [5.41, 5.74) is 4.42. The van der Waals surface area contributed by atoms with E-state index in [1.807, 2.05) is 72.5 Å². The number of nitrogens with zero attached hydrogens (tertiary/aromatic N) is 2. The van der Waals surface area contributed by atoms with Crippen molar-refractivity contribution in [2.75, 3.05) is 36.4 Å². The van der Waals surface area contributed by atoms with Gasteiger partial charge in [0.05, 0.1) is 23.8 Å². The van der Waals surface area contributed by atoms with E-state index in [0.717, 1.165) is 11.1 Å². The highest BCUT2D eigenvalue weighted by Crippen LogP contribution is 2.30. The van der Waals surface area contributed by atoms with Crippen molar-refractivity contribution >= 4 is 35.3 Å². The molecule has 0 radical (unpaired) electrons. The highest BCUT2D eigenvalue weighted by molar-refractivity contribution is 5.99. The lowest BCUT2D eigenvalue weighted by molar-refractivity contribution is -0.137. The number of hydrogen-bond acceptors (Lipinski definition) is 6. The SMILES string of the molecule is Cc1ccc(C(CC(=O)O)NC(=O)c2ccc(N3CCCN(C(=O)c4ccccc4)CC3)c(NC(=O)OCc3ccccc3)c2)cc1. The molecule has 1 heterocycles. The van der Waals surface area contributed by atoms with Crippen molar-refractivity contribution < 1.29 is 29.0 Å². The maximum atomic E-state index is 13.5. The zero-order chi connectivity index (χ0) is 33.2. The molecule has 4 aromatic rings. The number of amides is 3. The summed E-state index contributed by atoms with van der Waals surface area (Å²) in [5, 5.41) is 15.2. The van der Waals surface area contributed by atoms with Crippen LogP contribution in [0.2, 0.25) is 0 Å². The summed E-state index contributed by atoms with van der Waals surface area (Å²) in [6.45, 7) is 4.17. The molecule has 0 aliphatic carbocycles. The van der Waals surface area contributed by atoms with Crippen LogP contribution < -0.4 is 15.5 Å². The summed E-state index contributed by atoms with van der Waals surface area (Å²) < 4.78 is 5.49. The fourth-order valence-corrected chi connectivity index (χ4v) is 5.51. The van der Waals surface area contributed by atoms with Crippen LogP contribution in [0, 0.1) is 6.92 Å². The Hall–Kier alpha value is -5.64. The van der Waals surface area contributed by atoms with Gasteiger partial charge in [0.25, 0.3) is 11.8 Å². The van der Waals surface area contributed by atoms with Gasteiger partial charge in [-0.2, -0.15) is 0 Å². The van der Waals surface area contributed by atoms with E-state index < -0.39 is 24.0 Å². The molecule has 4 aromatic carbocycles. The summed E-state index contributed by atoms with van der Waals surface area (Å²) in [5.74, 6) is -1.57. The molecule has 1 atom stereocenters. The average molecular weight is 635 g/mol. The molecular weight excluding hydrogens is 596 g/mol. The van der Waals surface area contributed by atoms with E-state index in [4.69, 9.17) is 4.74 Å². The molecule has 1 aliphatic rings. The van der Waals surface area contributed by atoms with E-state index in [1.54, 1.807) is 42.5 Å². The Morgan fingerprint density at radius 3 is 2.21 bits per heavy atom. The summed E-state index contributed by atoms with van der Waals surface area (Å²) in [7, 11) is 0. The van der Waals surface area contributed by atoms with E-state index in [9.17, 15) is 24.3 Å². The topological polar surface area (TPSA) is 128 Å². The molecule has 3 amide bonds. The second-order valence-corrected chi connectivity index (χ2v) is 11.5. The fourth-order valence-electron chi connectivity index (χ4n) is 5.51. The summed E-state index contributed by atoms with van der Waals surface area (Å²) in [4.78, 5) is 55.2. The first kappa shape index (κ1) is 32.7. The van der Waals surface area contributed by atoms with Crippen LogP contribution in [0.3, 0.4) is 0 Å². The first-order valence-corrected chi connectivity index (χ1v) is 15.6. The minimum absolute atomic E-state index is 0.0354. The van der Waals surface area contributed by atoms with Gasteiger partial charge in [-0.25, -0.2) is 4.79 Å². The molecule has 47 heavy (non-hydrogen) atoms. The van der Waals surface area contributed by atoms with E-state index in [1.165, 1.54) is 0 Å². The van der Waals surface area contributed by atoms with E-state index in [-0.39, 0.29) is 24.5 Å². The number of nitrogens with one attached hydrogen (secondary N) is 2. The molecule has 1 unspecified atom stereocenters. The molecule has 3 N–H and O–H groups in total. The molecule has 1 aliphatic heterocycles. The molecule has 10 nitrogen and oxygen atoms in total. The van der Waals surface area contributed by atoms with Gasteiger partial charge in [0, 0.05) is 37.3 Å². The van der Waals surface area contributed by atoms with E-state index in [0.29, 0.717) is 55.1 Å². The van der Waals surface area contributed by atoms with Crippen molar-refractivity contribution in [1.29, 1.82) is 0 Å². The zero-order valence-electron chi connectivity index (χ0n) is 26.2. The lowest BCUT2D eigenvalue weighted by atomic mass is 10.0. The molecule has 1 fully saturated rings. The first-order chi connectivity index (χ1) is 22.8.